The highest BCUT2D eigenvalue weighted by Crippen LogP contribution is 2.25. The molecule has 106 valence electrons. The maximum Gasteiger partial charge on any atom is 0.184 e. The van der Waals surface area contributed by atoms with Crippen LogP contribution in [0.15, 0.2) is 41.3 Å². The summed E-state index contributed by atoms with van der Waals surface area (Å²) in [5, 5.41) is 0.314. The molecule has 0 saturated heterocycles. The molecule has 20 heavy (non-hydrogen) atoms. The molecule has 0 radical (unpaired) electrons. The van der Waals surface area contributed by atoms with Crippen molar-refractivity contribution in [3.8, 4) is 0 Å². The summed E-state index contributed by atoms with van der Waals surface area (Å²) in [5.41, 5.74) is 5.77. The standard InChI is InChI=1S/C13H10ClF2NO2S/c14-9-2-4-13(12(17)6-9)20(18,19)7-8-1-3-10(15)11(16)5-8/h1-6H,7,17H2. The zero-order valence-electron chi connectivity index (χ0n) is 10.1. The van der Waals surface area contributed by atoms with Crippen LogP contribution in [-0.2, 0) is 15.6 Å². The van der Waals surface area contributed by atoms with Crippen LogP contribution in [0.2, 0.25) is 5.02 Å². The van der Waals surface area contributed by atoms with Crippen molar-refractivity contribution in [1.82, 2.24) is 0 Å². The molecule has 0 fully saturated rings. The van der Waals surface area contributed by atoms with E-state index < -0.39 is 27.2 Å². The molecule has 0 aromatic heterocycles. The highest BCUT2D eigenvalue weighted by atomic mass is 35.5. The molecule has 0 saturated carbocycles. The fraction of sp³-hybridized carbons (Fsp3) is 0.0769. The maximum atomic E-state index is 13.1. The van der Waals surface area contributed by atoms with E-state index >= 15 is 0 Å². The van der Waals surface area contributed by atoms with Gasteiger partial charge in [-0.15, -0.1) is 0 Å². The number of anilines is 1. The third kappa shape index (κ3) is 3.08. The van der Waals surface area contributed by atoms with Crippen molar-refractivity contribution < 1.29 is 17.2 Å². The Hall–Kier alpha value is -1.66. The minimum absolute atomic E-state index is 0.0140. The Labute approximate surface area is 119 Å². The van der Waals surface area contributed by atoms with Crippen LogP contribution in [-0.4, -0.2) is 8.42 Å². The number of rotatable bonds is 3. The third-order valence-corrected chi connectivity index (χ3v) is 4.64. The lowest BCUT2D eigenvalue weighted by atomic mass is 10.2. The Morgan fingerprint density at radius 2 is 1.75 bits per heavy atom. The zero-order valence-corrected chi connectivity index (χ0v) is 11.7. The summed E-state index contributed by atoms with van der Waals surface area (Å²) in [4.78, 5) is -0.0911. The van der Waals surface area contributed by atoms with Crippen LogP contribution in [0.25, 0.3) is 0 Å². The summed E-state index contributed by atoms with van der Waals surface area (Å²) in [6.07, 6.45) is 0. The number of benzene rings is 2. The van der Waals surface area contributed by atoms with Gasteiger partial charge >= 0.3 is 0 Å². The Morgan fingerprint density at radius 1 is 1.05 bits per heavy atom. The first kappa shape index (κ1) is 14.7. The van der Waals surface area contributed by atoms with Gasteiger partial charge in [0.1, 0.15) is 0 Å². The van der Waals surface area contributed by atoms with E-state index in [4.69, 9.17) is 17.3 Å². The van der Waals surface area contributed by atoms with E-state index in [1.807, 2.05) is 0 Å². The topological polar surface area (TPSA) is 60.2 Å². The first-order valence-corrected chi connectivity index (χ1v) is 7.54. The number of sulfone groups is 1. The first-order valence-electron chi connectivity index (χ1n) is 5.51. The predicted octanol–water partition coefficient (Wildman–Crippen LogP) is 3.17. The van der Waals surface area contributed by atoms with Gasteiger partial charge in [-0.25, -0.2) is 17.2 Å². The normalized spacial score (nSPS) is 11.6. The van der Waals surface area contributed by atoms with Gasteiger partial charge in [0.2, 0.25) is 0 Å². The van der Waals surface area contributed by atoms with Crippen molar-refractivity contribution in [1.29, 1.82) is 0 Å². The summed E-state index contributed by atoms with van der Waals surface area (Å²) in [6, 6.07) is 6.94. The molecule has 0 atom stereocenters. The molecule has 0 aliphatic carbocycles. The predicted molar refractivity (Wildman–Crippen MR) is 73.1 cm³/mol. The third-order valence-electron chi connectivity index (χ3n) is 2.65. The molecule has 2 aromatic carbocycles. The van der Waals surface area contributed by atoms with Crippen molar-refractivity contribution in [2.24, 2.45) is 0 Å². The highest BCUT2D eigenvalue weighted by molar-refractivity contribution is 7.90. The van der Waals surface area contributed by atoms with E-state index in [1.165, 1.54) is 24.3 Å². The Morgan fingerprint density at radius 3 is 2.35 bits per heavy atom. The molecule has 0 aliphatic rings. The Balaban J connectivity index is 2.38. The number of nitrogens with two attached hydrogens (primary N) is 1. The monoisotopic (exact) mass is 317 g/mol. The lowest BCUT2D eigenvalue weighted by Gasteiger charge is -2.08. The molecule has 0 unspecified atom stereocenters. The largest absolute Gasteiger partial charge is 0.398 e. The van der Waals surface area contributed by atoms with Gasteiger partial charge in [-0.1, -0.05) is 17.7 Å². The number of hydrogen-bond donors (Lipinski definition) is 1. The SMILES string of the molecule is Nc1cc(Cl)ccc1S(=O)(=O)Cc1ccc(F)c(F)c1. The summed E-state index contributed by atoms with van der Waals surface area (Å²) >= 11 is 5.70. The molecule has 0 spiro atoms. The number of halogens is 3. The molecule has 2 rings (SSSR count). The van der Waals surface area contributed by atoms with Crippen molar-refractivity contribution in [3.63, 3.8) is 0 Å². The maximum absolute atomic E-state index is 13.1. The summed E-state index contributed by atoms with van der Waals surface area (Å²) < 4.78 is 50.3. The fourth-order valence-electron chi connectivity index (χ4n) is 1.73. The molecule has 0 aliphatic heterocycles. The zero-order chi connectivity index (χ0) is 14.9. The quantitative estimate of drug-likeness (QED) is 0.884. The van der Waals surface area contributed by atoms with E-state index in [0.717, 1.165) is 12.1 Å². The van der Waals surface area contributed by atoms with Gasteiger partial charge in [0.25, 0.3) is 0 Å². The van der Waals surface area contributed by atoms with E-state index in [1.54, 1.807) is 0 Å². The Kier molecular flexibility index (Phi) is 3.96. The van der Waals surface area contributed by atoms with E-state index in [2.05, 4.69) is 0 Å². The molecular weight excluding hydrogens is 308 g/mol. The van der Waals surface area contributed by atoms with Crippen molar-refractivity contribution in [2.45, 2.75) is 10.6 Å². The number of nitrogen functional groups attached to an aromatic ring is 1. The van der Waals surface area contributed by atoms with Crippen molar-refractivity contribution in [2.75, 3.05) is 5.73 Å². The lowest BCUT2D eigenvalue weighted by Crippen LogP contribution is -2.08. The summed E-state index contributed by atoms with van der Waals surface area (Å²) in [6.45, 7) is 0. The van der Waals surface area contributed by atoms with Crippen LogP contribution in [0.1, 0.15) is 5.56 Å². The van der Waals surface area contributed by atoms with Gasteiger partial charge in [-0.2, -0.15) is 0 Å². The molecule has 7 heteroatoms. The van der Waals surface area contributed by atoms with Gasteiger partial charge in [0, 0.05) is 5.02 Å². The smallest absolute Gasteiger partial charge is 0.184 e. The van der Waals surface area contributed by atoms with Crippen LogP contribution in [0.4, 0.5) is 14.5 Å². The average Bonchev–Trinajstić information content (AvgIpc) is 2.33. The second-order valence-corrected chi connectivity index (χ2v) is 6.58. The van der Waals surface area contributed by atoms with E-state index in [9.17, 15) is 17.2 Å². The Bertz CT molecular complexity index is 763. The molecule has 0 bridgehead atoms. The van der Waals surface area contributed by atoms with Gasteiger partial charge in [-0.3, -0.25) is 0 Å². The molecule has 0 heterocycles. The molecule has 0 amide bonds. The van der Waals surface area contributed by atoms with E-state index in [-0.39, 0.29) is 16.1 Å². The average molecular weight is 318 g/mol. The van der Waals surface area contributed by atoms with Gasteiger partial charge < -0.3 is 5.73 Å². The summed E-state index contributed by atoms with van der Waals surface area (Å²) in [5.74, 6) is -2.60. The molecule has 3 nitrogen and oxygen atoms in total. The minimum Gasteiger partial charge on any atom is -0.398 e. The molecular formula is C13H10ClF2NO2S. The van der Waals surface area contributed by atoms with Crippen molar-refractivity contribution in [3.05, 3.63) is 58.6 Å². The number of hydrogen-bond acceptors (Lipinski definition) is 3. The van der Waals surface area contributed by atoms with Gasteiger partial charge in [0.15, 0.2) is 21.5 Å². The highest BCUT2D eigenvalue weighted by Gasteiger charge is 2.19. The molecule has 2 N–H and O–H groups in total. The van der Waals surface area contributed by atoms with Crippen LogP contribution in [0.5, 0.6) is 0 Å². The van der Waals surface area contributed by atoms with Crippen LogP contribution in [0.3, 0.4) is 0 Å². The second-order valence-electron chi connectivity index (χ2n) is 4.19. The van der Waals surface area contributed by atoms with Gasteiger partial charge in [0.05, 0.1) is 16.3 Å². The minimum atomic E-state index is -3.76. The molecule has 2 aromatic rings. The van der Waals surface area contributed by atoms with Crippen LogP contribution >= 0.6 is 11.6 Å². The van der Waals surface area contributed by atoms with Crippen LogP contribution in [0, 0.1) is 11.6 Å². The van der Waals surface area contributed by atoms with Gasteiger partial charge in [-0.05, 0) is 35.9 Å². The summed E-state index contributed by atoms with van der Waals surface area (Å²) in [7, 11) is -3.76. The van der Waals surface area contributed by atoms with Crippen LogP contribution < -0.4 is 5.73 Å². The fourth-order valence-corrected chi connectivity index (χ4v) is 3.38. The first-order chi connectivity index (χ1) is 9.29. The second kappa shape index (κ2) is 5.38. The lowest BCUT2D eigenvalue weighted by molar-refractivity contribution is 0.507. The van der Waals surface area contributed by atoms with E-state index in [0.29, 0.717) is 5.02 Å². The van der Waals surface area contributed by atoms with Crippen molar-refractivity contribution >= 4 is 27.1 Å².